The summed E-state index contributed by atoms with van der Waals surface area (Å²) in [6, 6.07) is 36.1. The van der Waals surface area contributed by atoms with Gasteiger partial charge in [-0.2, -0.15) is 5.26 Å². The number of benzene rings is 4. The summed E-state index contributed by atoms with van der Waals surface area (Å²) in [6.45, 7) is 2.18. The zero-order valence-corrected chi connectivity index (χ0v) is 20.0. The summed E-state index contributed by atoms with van der Waals surface area (Å²) in [5, 5.41) is 9.44. The zero-order chi connectivity index (χ0) is 24.9. The Morgan fingerprint density at radius 3 is 2.14 bits per heavy atom. The fraction of sp³-hybridized carbons (Fsp3) is 0.161. The topological polar surface area (TPSA) is 62.6 Å². The van der Waals surface area contributed by atoms with Gasteiger partial charge in [-0.05, 0) is 47.0 Å². The minimum absolute atomic E-state index is 0.0335. The van der Waals surface area contributed by atoms with E-state index in [1.807, 2.05) is 60.7 Å². The Balaban J connectivity index is 1.66. The molecule has 1 aliphatic heterocycles. The first-order valence-electron chi connectivity index (χ1n) is 11.9. The van der Waals surface area contributed by atoms with Gasteiger partial charge in [0.25, 0.3) is 0 Å². The molecule has 1 aliphatic rings. The molecule has 5 heteroatoms. The monoisotopic (exact) mass is 474 g/mol. The molecule has 0 aromatic heterocycles. The van der Waals surface area contributed by atoms with Crippen LogP contribution in [0.4, 0.5) is 5.69 Å². The van der Waals surface area contributed by atoms with Crippen molar-refractivity contribution in [3.05, 3.63) is 125 Å². The summed E-state index contributed by atoms with van der Waals surface area (Å²) >= 11 is 0. The highest BCUT2D eigenvalue weighted by molar-refractivity contribution is 5.91. The molecule has 4 aromatic carbocycles. The van der Waals surface area contributed by atoms with E-state index in [1.165, 1.54) is 0 Å². The minimum Gasteiger partial charge on any atom is -0.454 e. The highest BCUT2D eigenvalue weighted by Gasteiger charge is 2.31. The Kier molecular flexibility index (Phi) is 6.68. The summed E-state index contributed by atoms with van der Waals surface area (Å²) in [5.41, 5.74) is 4.56. The lowest BCUT2D eigenvalue weighted by Gasteiger charge is -2.33. The zero-order valence-electron chi connectivity index (χ0n) is 20.0. The Bertz CT molecular complexity index is 1360. The Morgan fingerprint density at radius 1 is 0.833 bits per heavy atom. The van der Waals surface area contributed by atoms with Crippen molar-refractivity contribution in [1.29, 1.82) is 5.26 Å². The third-order valence-electron chi connectivity index (χ3n) is 6.59. The van der Waals surface area contributed by atoms with Crippen molar-refractivity contribution in [2.24, 2.45) is 0 Å². The van der Waals surface area contributed by atoms with Crippen LogP contribution in [0.5, 0.6) is 11.5 Å². The van der Waals surface area contributed by atoms with Crippen molar-refractivity contribution in [2.75, 3.05) is 18.2 Å². The summed E-state index contributed by atoms with van der Waals surface area (Å²) in [4.78, 5) is 14.8. The molecule has 5 nitrogen and oxygen atoms in total. The molecule has 0 spiro atoms. The van der Waals surface area contributed by atoms with Crippen LogP contribution in [-0.2, 0) is 4.79 Å². The van der Waals surface area contributed by atoms with Gasteiger partial charge in [-0.1, -0.05) is 72.8 Å². The number of hydrogen-bond acceptors (Lipinski definition) is 4. The van der Waals surface area contributed by atoms with Crippen LogP contribution in [-0.4, -0.2) is 19.2 Å². The van der Waals surface area contributed by atoms with E-state index >= 15 is 0 Å². The fourth-order valence-corrected chi connectivity index (χ4v) is 4.88. The van der Waals surface area contributed by atoms with Crippen molar-refractivity contribution < 1.29 is 14.3 Å². The molecule has 5 rings (SSSR count). The molecular formula is C31H26N2O3. The van der Waals surface area contributed by atoms with Gasteiger partial charge in [-0.25, -0.2) is 0 Å². The quantitative estimate of drug-likeness (QED) is 0.317. The Labute approximate surface area is 211 Å². The van der Waals surface area contributed by atoms with Gasteiger partial charge >= 0.3 is 0 Å². The molecule has 0 N–H and O–H groups in total. The molecular weight excluding hydrogens is 448 g/mol. The fourth-order valence-electron chi connectivity index (χ4n) is 4.88. The predicted octanol–water partition coefficient (Wildman–Crippen LogP) is 6.26. The molecule has 1 atom stereocenters. The van der Waals surface area contributed by atoms with Crippen molar-refractivity contribution in [1.82, 2.24) is 0 Å². The van der Waals surface area contributed by atoms with Crippen LogP contribution < -0.4 is 14.4 Å². The average Bonchev–Trinajstić information content (AvgIpc) is 3.40. The van der Waals surface area contributed by atoms with Crippen LogP contribution in [0, 0.1) is 11.3 Å². The number of hydrogen-bond donors (Lipinski definition) is 0. The molecule has 0 saturated heterocycles. The Hall–Kier alpha value is -4.56. The van der Waals surface area contributed by atoms with E-state index in [9.17, 15) is 10.1 Å². The number of fused-ring (bicyclic) bond motifs is 1. The third-order valence-corrected chi connectivity index (χ3v) is 6.59. The number of ether oxygens (including phenoxy) is 2. The van der Waals surface area contributed by atoms with Gasteiger partial charge in [0.05, 0.1) is 11.6 Å². The number of amides is 1. The molecule has 0 fully saturated rings. The summed E-state index contributed by atoms with van der Waals surface area (Å²) in [6.07, 6.45) is 0. The molecule has 1 amide bonds. The van der Waals surface area contributed by atoms with Crippen molar-refractivity contribution in [3.8, 4) is 17.6 Å². The van der Waals surface area contributed by atoms with Crippen molar-refractivity contribution in [2.45, 2.75) is 18.8 Å². The normalized spacial score (nSPS) is 12.7. The van der Waals surface area contributed by atoms with Gasteiger partial charge in [0.2, 0.25) is 12.7 Å². The molecule has 178 valence electrons. The van der Waals surface area contributed by atoms with Crippen molar-refractivity contribution in [3.63, 3.8) is 0 Å². The van der Waals surface area contributed by atoms with Gasteiger partial charge in [0, 0.05) is 31.0 Å². The predicted molar refractivity (Wildman–Crippen MR) is 139 cm³/mol. The number of anilines is 1. The second kappa shape index (κ2) is 10.4. The summed E-state index contributed by atoms with van der Waals surface area (Å²) in [7, 11) is 0. The average molecular weight is 475 g/mol. The number of nitrogens with zero attached hydrogens (tertiary/aromatic N) is 2. The number of rotatable bonds is 7. The second-order valence-electron chi connectivity index (χ2n) is 8.81. The molecule has 1 heterocycles. The lowest BCUT2D eigenvalue weighted by atomic mass is 9.76. The molecule has 0 bridgehead atoms. The lowest BCUT2D eigenvalue weighted by Crippen LogP contribution is -2.35. The molecule has 1 unspecified atom stereocenters. The van der Waals surface area contributed by atoms with E-state index in [-0.39, 0.29) is 24.5 Å². The highest BCUT2D eigenvalue weighted by atomic mass is 16.7. The second-order valence-corrected chi connectivity index (χ2v) is 8.81. The maximum atomic E-state index is 13.0. The van der Waals surface area contributed by atoms with E-state index in [2.05, 4.69) is 36.4 Å². The van der Waals surface area contributed by atoms with E-state index in [0.29, 0.717) is 23.5 Å². The van der Waals surface area contributed by atoms with Gasteiger partial charge in [-0.15, -0.1) is 0 Å². The first-order chi connectivity index (χ1) is 17.6. The maximum absolute atomic E-state index is 13.0. The molecule has 0 radical (unpaired) electrons. The van der Waals surface area contributed by atoms with Gasteiger partial charge in [0.15, 0.2) is 11.5 Å². The maximum Gasteiger partial charge on any atom is 0.231 e. The lowest BCUT2D eigenvalue weighted by molar-refractivity contribution is -0.116. The first-order valence-corrected chi connectivity index (χ1v) is 11.9. The van der Waals surface area contributed by atoms with Crippen molar-refractivity contribution >= 4 is 11.6 Å². The molecule has 36 heavy (non-hydrogen) atoms. The largest absolute Gasteiger partial charge is 0.454 e. The smallest absolute Gasteiger partial charge is 0.231 e. The van der Waals surface area contributed by atoms with Crippen LogP contribution in [0.3, 0.4) is 0 Å². The Morgan fingerprint density at radius 2 is 1.50 bits per heavy atom. The number of carbonyl (C=O) groups is 1. The van der Waals surface area contributed by atoms with E-state index < -0.39 is 0 Å². The summed E-state index contributed by atoms with van der Waals surface area (Å²) < 4.78 is 11.3. The van der Waals surface area contributed by atoms with Crippen LogP contribution in [0.25, 0.3) is 0 Å². The van der Waals surface area contributed by atoms with Gasteiger partial charge in [-0.3, -0.25) is 4.79 Å². The molecule has 0 aliphatic carbocycles. The van der Waals surface area contributed by atoms with Crippen LogP contribution in [0.1, 0.15) is 41.0 Å². The standard InChI is InChI=1S/C31H26N2O3/c1-22(34)33(27-14-8-9-23(17-27)19-32)20-28(26-15-16-29-30(18-26)36-21-35-29)31(24-10-4-2-5-11-24)25-12-6-3-7-13-25/h2-18,28,31H,20-21H2,1H3. The summed E-state index contributed by atoms with van der Waals surface area (Å²) in [5.74, 6) is 1.19. The molecule has 4 aromatic rings. The van der Waals surface area contributed by atoms with Crippen LogP contribution >= 0.6 is 0 Å². The number of carbonyl (C=O) groups excluding carboxylic acids is 1. The first kappa shape index (κ1) is 23.2. The van der Waals surface area contributed by atoms with Gasteiger partial charge in [0.1, 0.15) is 0 Å². The van der Waals surface area contributed by atoms with E-state index in [0.717, 1.165) is 22.4 Å². The van der Waals surface area contributed by atoms with Crippen LogP contribution in [0.2, 0.25) is 0 Å². The van der Waals surface area contributed by atoms with Gasteiger partial charge < -0.3 is 14.4 Å². The van der Waals surface area contributed by atoms with Crippen LogP contribution in [0.15, 0.2) is 103 Å². The number of nitriles is 1. The van der Waals surface area contributed by atoms with E-state index in [4.69, 9.17) is 9.47 Å². The minimum atomic E-state index is -0.112. The highest BCUT2D eigenvalue weighted by Crippen LogP contribution is 2.43. The van der Waals surface area contributed by atoms with E-state index in [1.54, 1.807) is 24.0 Å². The SMILES string of the molecule is CC(=O)N(CC(c1ccc2c(c1)OCO2)C(c1ccccc1)c1ccccc1)c1cccc(C#N)c1. The molecule has 0 saturated carbocycles. The third kappa shape index (κ3) is 4.80.